The number of fused-ring (bicyclic) bond motifs is 4. The van der Waals surface area contributed by atoms with Crippen LogP contribution in [0.3, 0.4) is 0 Å². The normalized spacial score (nSPS) is 17.1. The first-order chi connectivity index (χ1) is 14.9. The van der Waals surface area contributed by atoms with Crippen LogP contribution < -0.4 is 16.0 Å². The highest BCUT2D eigenvalue weighted by molar-refractivity contribution is 6.34. The van der Waals surface area contributed by atoms with E-state index >= 15 is 0 Å². The molecule has 4 N–H and O–H groups in total. The smallest absolute Gasteiger partial charge is 0.287 e. The lowest BCUT2D eigenvalue weighted by Gasteiger charge is -2.44. The Morgan fingerprint density at radius 2 is 2.03 bits per heavy atom. The third-order valence-corrected chi connectivity index (χ3v) is 6.50. The highest BCUT2D eigenvalue weighted by atomic mass is 35.5. The van der Waals surface area contributed by atoms with Gasteiger partial charge in [-0.15, -0.1) is 0 Å². The molecule has 7 heteroatoms. The van der Waals surface area contributed by atoms with Crippen LogP contribution >= 0.6 is 11.6 Å². The molecular weight excluding hydrogens is 414 g/mol. The summed E-state index contributed by atoms with van der Waals surface area (Å²) in [5.41, 5.74) is 2.97. The molecule has 1 amide bonds. The highest BCUT2D eigenvalue weighted by Crippen LogP contribution is 2.49. The van der Waals surface area contributed by atoms with Crippen LogP contribution in [0.15, 0.2) is 53.2 Å². The van der Waals surface area contributed by atoms with Gasteiger partial charge in [-0.05, 0) is 42.7 Å². The van der Waals surface area contributed by atoms with E-state index in [1.54, 1.807) is 24.3 Å². The van der Waals surface area contributed by atoms with Crippen LogP contribution in [0.4, 0.5) is 5.69 Å². The number of carbonyl (C=O) groups is 1. The molecule has 1 fully saturated rings. The molecule has 0 atom stereocenters. The number of nitrogens with one attached hydrogen (secondary N) is 3. The van der Waals surface area contributed by atoms with Gasteiger partial charge in [0.05, 0.1) is 22.1 Å². The van der Waals surface area contributed by atoms with Gasteiger partial charge in [-0.3, -0.25) is 4.79 Å². The predicted molar refractivity (Wildman–Crippen MR) is 121 cm³/mol. The number of amides is 1. The summed E-state index contributed by atoms with van der Waals surface area (Å²) in [6, 6.07) is 10.4. The lowest BCUT2D eigenvalue weighted by Crippen LogP contribution is -2.48. The summed E-state index contributed by atoms with van der Waals surface area (Å²) >= 11 is 6.64. The van der Waals surface area contributed by atoms with E-state index in [0.29, 0.717) is 10.6 Å². The second kappa shape index (κ2) is 7.54. The standard InChI is InChI=1S/C24H24ClN3O3/c1-14-27-21-18(25)11-16-12-19(23(30)26-13-15-6-5-7-17(29)10-15)31-22(16)20(21)24(28-14)8-3-2-4-9-24/h5-7,10-12,27-29H,1-4,8-9,13H2,(H,26,30). The highest BCUT2D eigenvalue weighted by Gasteiger charge is 2.42. The average Bonchev–Trinajstić information content (AvgIpc) is 3.16. The molecule has 3 aromatic rings. The van der Waals surface area contributed by atoms with Gasteiger partial charge in [0.2, 0.25) is 0 Å². The van der Waals surface area contributed by atoms with Crippen molar-refractivity contribution in [3.8, 4) is 5.75 Å². The number of aromatic hydroxyl groups is 1. The topological polar surface area (TPSA) is 86.5 Å². The van der Waals surface area contributed by atoms with Gasteiger partial charge in [-0.1, -0.05) is 49.6 Å². The minimum atomic E-state index is -0.316. The van der Waals surface area contributed by atoms with Crippen LogP contribution in [0, 0.1) is 0 Å². The average molecular weight is 438 g/mol. The summed E-state index contributed by atoms with van der Waals surface area (Å²) in [6.45, 7) is 4.37. The number of benzene rings is 2. The summed E-state index contributed by atoms with van der Waals surface area (Å²) in [5.74, 6) is 0.806. The maximum Gasteiger partial charge on any atom is 0.287 e. The largest absolute Gasteiger partial charge is 0.508 e. The zero-order valence-electron chi connectivity index (χ0n) is 17.1. The van der Waals surface area contributed by atoms with Crippen LogP contribution in [-0.2, 0) is 12.1 Å². The number of hydrogen-bond acceptors (Lipinski definition) is 5. The second-order valence-corrected chi connectivity index (χ2v) is 8.77. The van der Waals surface area contributed by atoms with Gasteiger partial charge in [-0.25, -0.2) is 0 Å². The maximum atomic E-state index is 12.8. The van der Waals surface area contributed by atoms with Crippen LogP contribution in [0.25, 0.3) is 11.0 Å². The first-order valence-corrected chi connectivity index (χ1v) is 10.9. The van der Waals surface area contributed by atoms with Crippen LogP contribution in [-0.4, -0.2) is 11.0 Å². The fraction of sp³-hybridized carbons (Fsp3) is 0.292. The van der Waals surface area contributed by atoms with Crippen molar-refractivity contribution in [1.29, 1.82) is 0 Å². The molecule has 31 heavy (non-hydrogen) atoms. The molecule has 1 aliphatic carbocycles. The Labute approximate surface area is 185 Å². The molecule has 1 spiro atoms. The van der Waals surface area contributed by atoms with E-state index in [-0.39, 0.29) is 29.5 Å². The third kappa shape index (κ3) is 3.51. The van der Waals surface area contributed by atoms with Crippen molar-refractivity contribution in [3.05, 3.63) is 70.7 Å². The number of anilines is 1. The molecular formula is C24H24ClN3O3. The number of halogens is 1. The van der Waals surface area contributed by atoms with E-state index < -0.39 is 0 Å². The molecule has 1 saturated carbocycles. The summed E-state index contributed by atoms with van der Waals surface area (Å²) in [6.07, 6.45) is 5.31. The Morgan fingerprint density at radius 3 is 2.81 bits per heavy atom. The van der Waals surface area contributed by atoms with Crippen molar-refractivity contribution in [1.82, 2.24) is 10.6 Å². The fourth-order valence-corrected chi connectivity index (χ4v) is 5.10. The minimum Gasteiger partial charge on any atom is -0.508 e. The summed E-state index contributed by atoms with van der Waals surface area (Å²) in [5, 5.41) is 20.7. The molecule has 5 rings (SSSR count). The van der Waals surface area contributed by atoms with E-state index in [9.17, 15) is 9.90 Å². The Morgan fingerprint density at radius 1 is 1.23 bits per heavy atom. The Balaban J connectivity index is 1.52. The summed E-state index contributed by atoms with van der Waals surface area (Å²) < 4.78 is 6.13. The lowest BCUT2D eigenvalue weighted by atomic mass is 9.74. The first-order valence-electron chi connectivity index (χ1n) is 10.5. The van der Waals surface area contributed by atoms with E-state index in [1.165, 1.54) is 6.42 Å². The van der Waals surface area contributed by atoms with E-state index in [2.05, 4.69) is 22.5 Å². The van der Waals surface area contributed by atoms with Gasteiger partial charge in [0.1, 0.15) is 11.3 Å². The Bertz CT molecular complexity index is 1190. The van der Waals surface area contributed by atoms with E-state index in [4.69, 9.17) is 16.0 Å². The summed E-state index contributed by atoms with van der Waals surface area (Å²) in [4.78, 5) is 12.8. The molecule has 0 bridgehead atoms. The molecule has 1 aromatic heterocycles. The van der Waals surface area contributed by atoms with Crippen LogP contribution in [0.1, 0.15) is 53.8 Å². The summed E-state index contributed by atoms with van der Waals surface area (Å²) in [7, 11) is 0. The van der Waals surface area contributed by atoms with Crippen LogP contribution in [0.5, 0.6) is 5.75 Å². The molecule has 0 unspecified atom stereocenters. The van der Waals surface area contributed by atoms with Gasteiger partial charge in [-0.2, -0.15) is 0 Å². The SMILES string of the molecule is C=C1Nc2c(Cl)cc3cc(C(=O)NCc4cccc(O)c4)oc3c2C2(CCCCC2)N1. The van der Waals surface area contributed by atoms with Crippen molar-refractivity contribution in [3.63, 3.8) is 0 Å². The van der Waals surface area contributed by atoms with Crippen molar-refractivity contribution >= 4 is 34.2 Å². The van der Waals surface area contributed by atoms with Gasteiger partial charge >= 0.3 is 0 Å². The molecule has 6 nitrogen and oxygen atoms in total. The third-order valence-electron chi connectivity index (χ3n) is 6.20. The lowest BCUT2D eigenvalue weighted by molar-refractivity contribution is 0.0925. The fourth-order valence-electron chi connectivity index (χ4n) is 4.84. The van der Waals surface area contributed by atoms with Gasteiger partial charge in [0.15, 0.2) is 5.76 Å². The van der Waals surface area contributed by atoms with Crippen molar-refractivity contribution in [2.75, 3.05) is 5.32 Å². The number of furan rings is 1. The Hall–Kier alpha value is -3.12. The first kappa shape index (κ1) is 19.8. The number of phenolic OH excluding ortho intramolecular Hbond substituents is 1. The zero-order chi connectivity index (χ0) is 21.6. The Kier molecular flexibility index (Phi) is 4.82. The molecule has 2 aromatic carbocycles. The number of hydrogen-bond donors (Lipinski definition) is 4. The molecule has 1 aliphatic heterocycles. The maximum absolute atomic E-state index is 12.8. The van der Waals surface area contributed by atoms with Gasteiger partial charge in [0.25, 0.3) is 5.91 Å². The molecule has 2 heterocycles. The van der Waals surface area contributed by atoms with E-state index in [1.807, 2.05) is 12.1 Å². The second-order valence-electron chi connectivity index (χ2n) is 8.36. The minimum absolute atomic E-state index is 0.163. The number of carbonyl (C=O) groups excluding carboxylic acids is 1. The molecule has 0 radical (unpaired) electrons. The zero-order valence-corrected chi connectivity index (χ0v) is 17.8. The molecule has 2 aliphatic rings. The quantitative estimate of drug-likeness (QED) is 0.442. The predicted octanol–water partition coefficient (Wildman–Crippen LogP) is 5.37. The van der Waals surface area contributed by atoms with Crippen molar-refractivity contribution in [2.45, 2.75) is 44.2 Å². The van der Waals surface area contributed by atoms with E-state index in [0.717, 1.165) is 53.7 Å². The molecule has 0 saturated heterocycles. The van der Waals surface area contributed by atoms with Crippen molar-refractivity contribution in [2.24, 2.45) is 0 Å². The van der Waals surface area contributed by atoms with Crippen molar-refractivity contribution < 1.29 is 14.3 Å². The monoisotopic (exact) mass is 437 g/mol. The van der Waals surface area contributed by atoms with Gasteiger partial charge < -0.3 is 25.5 Å². The van der Waals surface area contributed by atoms with Crippen LogP contribution in [0.2, 0.25) is 5.02 Å². The number of rotatable bonds is 3. The molecule has 160 valence electrons. The number of phenols is 1. The van der Waals surface area contributed by atoms with Gasteiger partial charge in [0, 0.05) is 17.5 Å².